The van der Waals surface area contributed by atoms with Crippen LogP contribution in [0.4, 0.5) is 5.82 Å². The number of pyridine rings is 1. The summed E-state index contributed by atoms with van der Waals surface area (Å²) < 4.78 is 10.9. The van der Waals surface area contributed by atoms with Crippen molar-refractivity contribution in [2.24, 2.45) is 5.41 Å². The highest BCUT2D eigenvalue weighted by Gasteiger charge is 2.43. The van der Waals surface area contributed by atoms with Crippen LogP contribution in [0, 0.1) is 12.3 Å². The van der Waals surface area contributed by atoms with Gasteiger partial charge < -0.3 is 19.1 Å². The standard InChI is InChI=1S/C18H22N4O3/c1-14-15(10-20-25-14)17(23)22-8-9-24-13-18(12-22)5-7-21(11-18)16-4-2-3-6-19-16/h2-4,6,10H,5,7-9,11-13H2,1H3. The number of rotatable bonds is 2. The molecule has 2 aliphatic heterocycles. The van der Waals surface area contributed by atoms with Gasteiger partial charge in [0.2, 0.25) is 0 Å². The monoisotopic (exact) mass is 342 g/mol. The Bertz CT molecular complexity index is 748. The Morgan fingerprint density at radius 1 is 1.28 bits per heavy atom. The topological polar surface area (TPSA) is 71.7 Å². The molecule has 1 atom stereocenters. The number of carbonyl (C=O) groups is 1. The Morgan fingerprint density at radius 2 is 2.20 bits per heavy atom. The number of anilines is 1. The molecule has 7 nitrogen and oxygen atoms in total. The lowest BCUT2D eigenvalue weighted by Gasteiger charge is -2.31. The van der Waals surface area contributed by atoms with Crippen molar-refractivity contribution in [3.63, 3.8) is 0 Å². The van der Waals surface area contributed by atoms with E-state index in [1.54, 1.807) is 6.92 Å². The molecule has 0 N–H and O–H groups in total. The molecule has 4 rings (SSSR count). The molecular formula is C18H22N4O3. The fourth-order valence-corrected chi connectivity index (χ4v) is 3.76. The summed E-state index contributed by atoms with van der Waals surface area (Å²) in [6.45, 7) is 6.03. The Hall–Kier alpha value is -2.41. The number of amides is 1. The van der Waals surface area contributed by atoms with E-state index in [4.69, 9.17) is 9.26 Å². The number of carbonyl (C=O) groups excluding carboxylic acids is 1. The fourth-order valence-electron chi connectivity index (χ4n) is 3.76. The van der Waals surface area contributed by atoms with E-state index in [0.29, 0.717) is 37.6 Å². The Labute approximate surface area is 146 Å². The molecular weight excluding hydrogens is 320 g/mol. The summed E-state index contributed by atoms with van der Waals surface area (Å²) in [6.07, 6.45) is 4.30. The summed E-state index contributed by atoms with van der Waals surface area (Å²) >= 11 is 0. The van der Waals surface area contributed by atoms with Gasteiger partial charge >= 0.3 is 0 Å². The number of hydrogen-bond donors (Lipinski definition) is 0. The molecule has 2 saturated heterocycles. The summed E-state index contributed by atoms with van der Waals surface area (Å²) in [5.41, 5.74) is 0.478. The highest BCUT2D eigenvalue weighted by molar-refractivity contribution is 5.94. The van der Waals surface area contributed by atoms with E-state index in [-0.39, 0.29) is 11.3 Å². The van der Waals surface area contributed by atoms with E-state index in [9.17, 15) is 4.79 Å². The third-order valence-electron chi connectivity index (χ3n) is 5.12. The van der Waals surface area contributed by atoms with Crippen LogP contribution >= 0.6 is 0 Å². The van der Waals surface area contributed by atoms with E-state index >= 15 is 0 Å². The molecule has 132 valence electrons. The van der Waals surface area contributed by atoms with Gasteiger partial charge in [-0.3, -0.25) is 4.79 Å². The van der Waals surface area contributed by atoms with E-state index < -0.39 is 0 Å². The predicted molar refractivity (Wildman–Crippen MR) is 91.5 cm³/mol. The quantitative estimate of drug-likeness (QED) is 0.828. The normalized spacial score (nSPS) is 23.9. The molecule has 0 aromatic carbocycles. The zero-order chi connectivity index (χ0) is 17.3. The lowest BCUT2D eigenvalue weighted by atomic mass is 9.87. The van der Waals surface area contributed by atoms with Gasteiger partial charge in [-0.25, -0.2) is 4.98 Å². The van der Waals surface area contributed by atoms with Crippen molar-refractivity contribution in [1.82, 2.24) is 15.0 Å². The molecule has 7 heteroatoms. The smallest absolute Gasteiger partial charge is 0.259 e. The second-order valence-electron chi connectivity index (χ2n) is 6.93. The van der Waals surface area contributed by atoms with Crippen molar-refractivity contribution in [2.45, 2.75) is 13.3 Å². The molecule has 2 fully saturated rings. The van der Waals surface area contributed by atoms with Crippen LogP contribution in [-0.2, 0) is 4.74 Å². The number of aryl methyl sites for hydroxylation is 1. The summed E-state index contributed by atoms with van der Waals surface area (Å²) in [6, 6.07) is 5.95. The van der Waals surface area contributed by atoms with Gasteiger partial charge in [-0.2, -0.15) is 0 Å². The van der Waals surface area contributed by atoms with Gasteiger partial charge in [-0.15, -0.1) is 0 Å². The fraction of sp³-hybridized carbons (Fsp3) is 0.500. The average molecular weight is 342 g/mol. The second-order valence-corrected chi connectivity index (χ2v) is 6.93. The first-order valence-corrected chi connectivity index (χ1v) is 8.61. The van der Waals surface area contributed by atoms with Crippen LogP contribution < -0.4 is 4.90 Å². The largest absolute Gasteiger partial charge is 0.379 e. The van der Waals surface area contributed by atoms with Gasteiger partial charge in [0, 0.05) is 37.8 Å². The summed E-state index contributed by atoms with van der Waals surface area (Å²) in [7, 11) is 0. The van der Waals surface area contributed by atoms with Crippen molar-refractivity contribution in [1.29, 1.82) is 0 Å². The van der Waals surface area contributed by atoms with Crippen LogP contribution in [0.2, 0.25) is 0 Å². The molecule has 0 radical (unpaired) electrons. The van der Waals surface area contributed by atoms with Crippen molar-refractivity contribution in [2.75, 3.05) is 44.3 Å². The molecule has 4 heterocycles. The zero-order valence-corrected chi connectivity index (χ0v) is 14.4. The molecule has 1 unspecified atom stereocenters. The summed E-state index contributed by atoms with van der Waals surface area (Å²) in [4.78, 5) is 21.5. The molecule has 1 spiro atoms. The average Bonchev–Trinajstić information content (AvgIpc) is 3.18. The van der Waals surface area contributed by atoms with Gasteiger partial charge in [-0.05, 0) is 25.5 Å². The first-order valence-electron chi connectivity index (χ1n) is 8.61. The van der Waals surface area contributed by atoms with Crippen molar-refractivity contribution >= 4 is 11.7 Å². The van der Waals surface area contributed by atoms with E-state index in [2.05, 4.69) is 15.0 Å². The van der Waals surface area contributed by atoms with Crippen LogP contribution in [0.1, 0.15) is 22.5 Å². The minimum Gasteiger partial charge on any atom is -0.379 e. The Kier molecular flexibility index (Phi) is 4.17. The molecule has 0 aliphatic carbocycles. The minimum absolute atomic E-state index is 0.0279. The number of nitrogens with zero attached hydrogens (tertiary/aromatic N) is 4. The minimum atomic E-state index is -0.0608. The molecule has 2 aromatic rings. The molecule has 1 amide bonds. The van der Waals surface area contributed by atoms with Gasteiger partial charge in [0.1, 0.15) is 17.1 Å². The number of aromatic nitrogens is 2. The highest BCUT2D eigenvalue weighted by Crippen LogP contribution is 2.35. The van der Waals surface area contributed by atoms with E-state index in [0.717, 1.165) is 25.3 Å². The Morgan fingerprint density at radius 3 is 2.96 bits per heavy atom. The zero-order valence-electron chi connectivity index (χ0n) is 14.4. The molecule has 2 aromatic heterocycles. The molecule has 0 bridgehead atoms. The van der Waals surface area contributed by atoms with Gasteiger partial charge in [0.25, 0.3) is 5.91 Å². The van der Waals surface area contributed by atoms with Crippen LogP contribution in [0.5, 0.6) is 0 Å². The number of ether oxygens (including phenoxy) is 1. The van der Waals surface area contributed by atoms with Crippen LogP contribution in [0.25, 0.3) is 0 Å². The lowest BCUT2D eigenvalue weighted by molar-refractivity contribution is 0.0689. The third-order valence-corrected chi connectivity index (χ3v) is 5.12. The maximum Gasteiger partial charge on any atom is 0.259 e. The highest BCUT2D eigenvalue weighted by atomic mass is 16.5. The second kappa shape index (κ2) is 6.48. The lowest BCUT2D eigenvalue weighted by Crippen LogP contribution is -2.43. The Balaban J connectivity index is 1.52. The summed E-state index contributed by atoms with van der Waals surface area (Å²) in [5, 5.41) is 3.73. The van der Waals surface area contributed by atoms with Gasteiger partial charge in [0.05, 0.1) is 19.4 Å². The third kappa shape index (κ3) is 3.11. The van der Waals surface area contributed by atoms with Gasteiger partial charge in [0.15, 0.2) is 0 Å². The first-order chi connectivity index (χ1) is 12.2. The molecule has 25 heavy (non-hydrogen) atoms. The maximum atomic E-state index is 12.9. The first kappa shape index (κ1) is 16.1. The summed E-state index contributed by atoms with van der Waals surface area (Å²) in [5.74, 6) is 1.52. The van der Waals surface area contributed by atoms with Crippen LogP contribution in [-0.4, -0.2) is 60.3 Å². The van der Waals surface area contributed by atoms with Crippen molar-refractivity contribution in [3.05, 3.63) is 41.9 Å². The molecule has 0 saturated carbocycles. The SMILES string of the molecule is Cc1oncc1C(=O)N1CCOCC2(CCN(c3ccccn3)C2)C1. The van der Waals surface area contributed by atoms with Crippen molar-refractivity contribution < 1.29 is 14.1 Å². The van der Waals surface area contributed by atoms with Crippen LogP contribution in [0.3, 0.4) is 0 Å². The van der Waals surface area contributed by atoms with Crippen molar-refractivity contribution in [3.8, 4) is 0 Å². The predicted octanol–water partition coefficient (Wildman–Crippen LogP) is 1.75. The van der Waals surface area contributed by atoms with E-state index in [1.165, 1.54) is 6.20 Å². The maximum absolute atomic E-state index is 12.9. The molecule has 2 aliphatic rings. The van der Waals surface area contributed by atoms with Gasteiger partial charge in [-0.1, -0.05) is 11.2 Å². The number of hydrogen-bond acceptors (Lipinski definition) is 6. The van der Waals surface area contributed by atoms with E-state index in [1.807, 2.05) is 29.3 Å². The van der Waals surface area contributed by atoms with Crippen LogP contribution in [0.15, 0.2) is 35.1 Å².